The molecular formula is C18H21N5O3S. The Morgan fingerprint density at radius 3 is 2.70 bits per heavy atom. The highest BCUT2D eigenvalue weighted by Gasteiger charge is 2.19. The Labute approximate surface area is 158 Å². The van der Waals surface area contributed by atoms with Gasteiger partial charge >= 0.3 is 0 Å². The molecule has 0 atom stereocenters. The molecule has 0 aliphatic heterocycles. The van der Waals surface area contributed by atoms with Gasteiger partial charge in [0.2, 0.25) is 10.0 Å². The summed E-state index contributed by atoms with van der Waals surface area (Å²) in [4.78, 5) is 8.43. The van der Waals surface area contributed by atoms with Crippen molar-refractivity contribution in [2.45, 2.75) is 31.8 Å². The molecule has 0 unspecified atom stereocenters. The Bertz CT molecular complexity index is 1030. The maximum atomic E-state index is 12.9. The number of nitrogens with one attached hydrogen (secondary N) is 1. The summed E-state index contributed by atoms with van der Waals surface area (Å²) in [5, 5.41) is 4.03. The van der Waals surface area contributed by atoms with Crippen molar-refractivity contribution in [3.8, 4) is 5.75 Å². The molecule has 0 bridgehead atoms. The van der Waals surface area contributed by atoms with Gasteiger partial charge in [0.1, 0.15) is 18.4 Å². The number of nitrogens with zero attached hydrogens (tertiary/aromatic N) is 4. The van der Waals surface area contributed by atoms with E-state index in [2.05, 4.69) is 19.8 Å². The fraction of sp³-hybridized carbons (Fsp3) is 0.278. The van der Waals surface area contributed by atoms with Crippen molar-refractivity contribution in [3.05, 3.63) is 65.5 Å². The minimum Gasteiger partial charge on any atom is -0.496 e. The van der Waals surface area contributed by atoms with E-state index in [4.69, 9.17) is 4.74 Å². The van der Waals surface area contributed by atoms with E-state index >= 15 is 0 Å². The van der Waals surface area contributed by atoms with Gasteiger partial charge < -0.3 is 4.74 Å². The van der Waals surface area contributed by atoms with Gasteiger partial charge in [-0.05, 0) is 25.5 Å². The molecule has 0 fully saturated rings. The average Bonchev–Trinajstić information content (AvgIpc) is 3.15. The van der Waals surface area contributed by atoms with Crippen molar-refractivity contribution in [3.63, 3.8) is 0 Å². The molecule has 0 aliphatic rings. The molecule has 0 saturated heterocycles. The smallest absolute Gasteiger partial charge is 0.241 e. The lowest BCUT2D eigenvalue weighted by atomic mass is 10.1. The topological polar surface area (TPSA) is 99.0 Å². The Balaban J connectivity index is 1.84. The average molecular weight is 387 g/mol. The Morgan fingerprint density at radius 1 is 1.22 bits per heavy atom. The molecule has 3 rings (SSSR count). The largest absolute Gasteiger partial charge is 0.496 e. The number of rotatable bonds is 7. The third kappa shape index (κ3) is 4.15. The van der Waals surface area contributed by atoms with Gasteiger partial charge in [-0.15, -0.1) is 0 Å². The second-order valence-corrected chi connectivity index (χ2v) is 7.81. The quantitative estimate of drug-likeness (QED) is 0.664. The predicted molar refractivity (Wildman–Crippen MR) is 99.9 cm³/mol. The van der Waals surface area contributed by atoms with Gasteiger partial charge in [-0.1, -0.05) is 18.2 Å². The third-order valence-electron chi connectivity index (χ3n) is 4.24. The minimum absolute atomic E-state index is 0.0719. The number of hydrogen-bond donors (Lipinski definition) is 1. The van der Waals surface area contributed by atoms with Crippen LogP contribution in [0.1, 0.15) is 22.4 Å². The Kier molecular flexibility index (Phi) is 5.52. The normalized spacial score (nSPS) is 11.5. The van der Waals surface area contributed by atoms with Crippen LogP contribution in [0.5, 0.6) is 5.75 Å². The van der Waals surface area contributed by atoms with Crippen LogP contribution in [0.3, 0.4) is 0 Å². The second kappa shape index (κ2) is 7.85. The van der Waals surface area contributed by atoms with E-state index in [0.29, 0.717) is 23.6 Å². The molecule has 9 heteroatoms. The number of methoxy groups -OCH3 is 1. The van der Waals surface area contributed by atoms with E-state index in [1.807, 2.05) is 13.8 Å². The summed E-state index contributed by atoms with van der Waals surface area (Å²) in [6, 6.07) is 6.82. The summed E-state index contributed by atoms with van der Waals surface area (Å²) < 4.78 is 35.3. The SMILES string of the molecule is COc1c(C)cnc(CNS(=O)(=O)c2ccccc2Cn2cncn2)c1C. The Hall–Kier alpha value is -2.78. The van der Waals surface area contributed by atoms with Gasteiger partial charge in [-0.3, -0.25) is 4.98 Å². The summed E-state index contributed by atoms with van der Waals surface area (Å²) in [6.07, 6.45) is 4.63. The lowest BCUT2D eigenvalue weighted by molar-refractivity contribution is 0.406. The maximum absolute atomic E-state index is 12.9. The zero-order valence-corrected chi connectivity index (χ0v) is 16.2. The number of benzene rings is 1. The molecule has 27 heavy (non-hydrogen) atoms. The number of ether oxygens (including phenoxy) is 1. The van der Waals surface area contributed by atoms with Crippen LogP contribution in [0, 0.1) is 13.8 Å². The van der Waals surface area contributed by atoms with Crippen LogP contribution in [-0.4, -0.2) is 35.3 Å². The molecule has 0 spiro atoms. The van der Waals surface area contributed by atoms with E-state index in [-0.39, 0.29) is 11.4 Å². The van der Waals surface area contributed by atoms with Crippen LogP contribution in [0.25, 0.3) is 0 Å². The van der Waals surface area contributed by atoms with Crippen LogP contribution >= 0.6 is 0 Å². The number of pyridine rings is 1. The van der Waals surface area contributed by atoms with Gasteiger partial charge in [0, 0.05) is 17.3 Å². The van der Waals surface area contributed by atoms with Crippen LogP contribution in [0.4, 0.5) is 0 Å². The van der Waals surface area contributed by atoms with E-state index in [1.54, 1.807) is 48.6 Å². The fourth-order valence-corrected chi connectivity index (χ4v) is 4.09. The summed E-state index contributed by atoms with van der Waals surface area (Å²) in [5.74, 6) is 0.714. The molecule has 8 nitrogen and oxygen atoms in total. The van der Waals surface area contributed by atoms with Gasteiger partial charge in [-0.2, -0.15) is 5.10 Å². The molecule has 2 aromatic heterocycles. The van der Waals surface area contributed by atoms with Crippen LogP contribution in [0.15, 0.2) is 48.0 Å². The summed E-state index contributed by atoms with van der Waals surface area (Å²) in [5.41, 5.74) is 2.97. The molecule has 0 aliphatic carbocycles. The van der Waals surface area contributed by atoms with E-state index in [1.165, 1.54) is 6.33 Å². The number of aryl methyl sites for hydroxylation is 1. The van der Waals surface area contributed by atoms with Crippen LogP contribution < -0.4 is 9.46 Å². The first kappa shape index (κ1) is 19.0. The molecule has 1 aromatic carbocycles. The van der Waals surface area contributed by atoms with Crippen LogP contribution in [-0.2, 0) is 23.1 Å². The minimum atomic E-state index is -3.73. The first-order valence-corrected chi connectivity index (χ1v) is 9.79. The molecule has 142 valence electrons. The highest BCUT2D eigenvalue weighted by molar-refractivity contribution is 7.89. The number of hydrogen-bond acceptors (Lipinski definition) is 6. The molecule has 0 amide bonds. The second-order valence-electron chi connectivity index (χ2n) is 6.07. The first-order chi connectivity index (χ1) is 12.9. The number of sulfonamides is 1. The molecule has 3 aromatic rings. The highest BCUT2D eigenvalue weighted by atomic mass is 32.2. The van der Waals surface area contributed by atoms with Crippen molar-refractivity contribution in [2.24, 2.45) is 0 Å². The Morgan fingerprint density at radius 2 is 2.00 bits per heavy atom. The van der Waals surface area contributed by atoms with E-state index in [9.17, 15) is 8.42 Å². The number of aromatic nitrogens is 4. The van der Waals surface area contributed by atoms with E-state index < -0.39 is 10.0 Å². The summed E-state index contributed by atoms with van der Waals surface area (Å²) >= 11 is 0. The zero-order chi connectivity index (χ0) is 19.4. The lowest BCUT2D eigenvalue weighted by Gasteiger charge is -2.14. The van der Waals surface area contributed by atoms with Gasteiger partial charge in [-0.25, -0.2) is 22.8 Å². The lowest BCUT2D eigenvalue weighted by Crippen LogP contribution is -2.25. The maximum Gasteiger partial charge on any atom is 0.241 e. The zero-order valence-electron chi connectivity index (χ0n) is 15.4. The predicted octanol–water partition coefficient (Wildman–Crippen LogP) is 1.83. The molecule has 0 saturated carbocycles. The van der Waals surface area contributed by atoms with Crippen molar-refractivity contribution in [2.75, 3.05) is 7.11 Å². The summed E-state index contributed by atoms with van der Waals surface area (Å²) in [6.45, 7) is 4.14. The molecular weight excluding hydrogens is 366 g/mol. The molecule has 2 heterocycles. The van der Waals surface area contributed by atoms with Crippen LogP contribution in [0.2, 0.25) is 0 Å². The summed E-state index contributed by atoms with van der Waals surface area (Å²) in [7, 11) is -2.14. The van der Waals surface area contributed by atoms with E-state index in [0.717, 1.165) is 11.1 Å². The van der Waals surface area contributed by atoms with Gasteiger partial charge in [0.25, 0.3) is 0 Å². The van der Waals surface area contributed by atoms with Gasteiger partial charge in [0.15, 0.2) is 0 Å². The van der Waals surface area contributed by atoms with Crippen molar-refractivity contribution in [1.82, 2.24) is 24.5 Å². The van der Waals surface area contributed by atoms with Gasteiger partial charge in [0.05, 0.1) is 30.8 Å². The third-order valence-corrected chi connectivity index (χ3v) is 5.74. The standard InChI is InChI=1S/C18H21N5O3S/c1-13-8-20-16(14(2)18(13)26-3)9-22-27(24,25)17-7-5-4-6-15(17)10-23-12-19-11-21-23/h4-8,11-12,22H,9-10H2,1-3H3. The fourth-order valence-electron chi connectivity index (χ4n) is 2.88. The van der Waals surface area contributed by atoms with Crippen molar-refractivity contribution < 1.29 is 13.2 Å². The molecule has 0 radical (unpaired) electrons. The molecule has 1 N–H and O–H groups in total. The van der Waals surface area contributed by atoms with Crippen molar-refractivity contribution >= 4 is 10.0 Å². The highest BCUT2D eigenvalue weighted by Crippen LogP contribution is 2.24. The monoisotopic (exact) mass is 387 g/mol. The first-order valence-electron chi connectivity index (χ1n) is 8.31. The van der Waals surface area contributed by atoms with Crippen molar-refractivity contribution in [1.29, 1.82) is 0 Å².